The third-order valence-electron chi connectivity index (χ3n) is 4.67. The Morgan fingerprint density at radius 1 is 1.32 bits per heavy atom. The van der Waals surface area contributed by atoms with Crippen molar-refractivity contribution in [1.29, 1.82) is 0 Å². The van der Waals surface area contributed by atoms with E-state index >= 15 is 0 Å². The molecule has 2 heterocycles. The number of likely N-dealkylation sites (tertiary alicyclic amines) is 1. The summed E-state index contributed by atoms with van der Waals surface area (Å²) in [5.41, 5.74) is 1.76. The monoisotopic (exact) mass is 401 g/mol. The van der Waals surface area contributed by atoms with Crippen LogP contribution in [0.1, 0.15) is 42.2 Å². The first kappa shape index (κ1) is 20.3. The Hall–Kier alpha value is -2.44. The highest BCUT2D eigenvalue weighted by atomic mass is 35.5. The van der Waals surface area contributed by atoms with Crippen LogP contribution < -0.4 is 5.32 Å². The lowest BCUT2D eigenvalue weighted by Crippen LogP contribution is -2.43. The van der Waals surface area contributed by atoms with Gasteiger partial charge in [0.25, 0.3) is 5.91 Å². The number of carbonyl (C=O) groups is 2. The normalized spacial score (nSPS) is 16.6. The zero-order chi connectivity index (χ0) is 19.9. The van der Waals surface area contributed by atoms with Crippen molar-refractivity contribution in [2.75, 3.05) is 18.4 Å². The number of carbonyl (C=O) groups excluding carboxylic acids is 2. The number of hydrogen-bond acceptors (Lipinski definition) is 4. The molecule has 28 heavy (non-hydrogen) atoms. The van der Waals surface area contributed by atoms with E-state index in [1.165, 1.54) is 0 Å². The molecule has 1 aromatic carbocycles. The number of hydrogen-bond donors (Lipinski definition) is 1. The molecule has 2 amide bonds. The van der Waals surface area contributed by atoms with Gasteiger partial charge in [-0.3, -0.25) is 14.6 Å². The van der Waals surface area contributed by atoms with Crippen LogP contribution in [0, 0.1) is 0 Å². The molecule has 0 saturated carbocycles. The zero-order valence-electron chi connectivity index (χ0n) is 15.9. The number of halogens is 1. The summed E-state index contributed by atoms with van der Waals surface area (Å²) in [6.07, 6.45) is 3.79. The Morgan fingerprint density at radius 3 is 2.93 bits per heavy atom. The fraction of sp³-hybridized carbons (Fsp3) is 0.381. The topological polar surface area (TPSA) is 71.5 Å². The maximum absolute atomic E-state index is 13.1. The number of nitrogens with one attached hydrogen (secondary N) is 1. The lowest BCUT2D eigenvalue weighted by atomic mass is 10.1. The van der Waals surface area contributed by atoms with Crippen LogP contribution in [0.25, 0.3) is 0 Å². The van der Waals surface area contributed by atoms with Gasteiger partial charge in [-0.2, -0.15) is 0 Å². The first-order valence-corrected chi connectivity index (χ1v) is 9.84. The number of aromatic nitrogens is 1. The van der Waals surface area contributed by atoms with E-state index in [-0.39, 0.29) is 17.9 Å². The highest BCUT2D eigenvalue weighted by Crippen LogP contribution is 2.25. The number of pyridine rings is 1. The van der Waals surface area contributed by atoms with Crippen molar-refractivity contribution in [2.24, 2.45) is 0 Å². The molecule has 1 atom stereocenters. The molecule has 2 aromatic rings. The predicted octanol–water partition coefficient (Wildman–Crippen LogP) is 3.90. The van der Waals surface area contributed by atoms with Crippen molar-refractivity contribution in [3.8, 4) is 0 Å². The van der Waals surface area contributed by atoms with Crippen LogP contribution in [0.4, 0.5) is 5.69 Å². The van der Waals surface area contributed by atoms with Gasteiger partial charge in [-0.1, -0.05) is 24.6 Å². The summed E-state index contributed by atoms with van der Waals surface area (Å²) in [6, 6.07) is 10.6. The van der Waals surface area contributed by atoms with Gasteiger partial charge in [0.2, 0.25) is 5.91 Å². The second-order valence-electron chi connectivity index (χ2n) is 6.74. The summed E-state index contributed by atoms with van der Waals surface area (Å²) < 4.78 is 5.97. The quantitative estimate of drug-likeness (QED) is 0.796. The van der Waals surface area contributed by atoms with Gasteiger partial charge in [-0.15, -0.1) is 0 Å². The average molecular weight is 402 g/mol. The molecule has 0 aliphatic carbocycles. The molecule has 148 valence electrons. The Labute approximate surface area is 169 Å². The molecule has 0 radical (unpaired) electrons. The molecule has 7 heteroatoms. The average Bonchev–Trinajstić information content (AvgIpc) is 2.73. The largest absolute Gasteiger partial charge is 0.370 e. The Balaban J connectivity index is 1.67. The van der Waals surface area contributed by atoms with Gasteiger partial charge >= 0.3 is 0 Å². The molecule has 1 aliphatic heterocycles. The van der Waals surface area contributed by atoms with Crippen molar-refractivity contribution in [3.05, 3.63) is 58.9 Å². The minimum absolute atomic E-state index is 0.0410. The van der Waals surface area contributed by atoms with Gasteiger partial charge in [-0.05, 0) is 43.2 Å². The summed E-state index contributed by atoms with van der Waals surface area (Å²) in [5.74, 6) is -0.291. The predicted molar refractivity (Wildman–Crippen MR) is 108 cm³/mol. The second kappa shape index (κ2) is 9.66. The molecule has 1 fully saturated rings. The van der Waals surface area contributed by atoms with Gasteiger partial charge < -0.3 is 15.0 Å². The van der Waals surface area contributed by atoms with Gasteiger partial charge in [0, 0.05) is 30.7 Å². The standard InChI is InChI=1S/C21H24ClN3O3/c1-2-20(26)24-19-12-15(22)8-9-18(19)21(27)25-11-5-7-17(13-25)28-14-16-6-3-4-10-23-16/h3-4,6,8-10,12,17H,2,5,7,11,13-14H2,1H3,(H,24,26). The summed E-state index contributed by atoms with van der Waals surface area (Å²) in [4.78, 5) is 30.9. The highest BCUT2D eigenvalue weighted by Gasteiger charge is 2.27. The smallest absolute Gasteiger partial charge is 0.256 e. The van der Waals surface area contributed by atoms with Crippen LogP contribution in [0.2, 0.25) is 5.02 Å². The fourth-order valence-corrected chi connectivity index (χ4v) is 3.33. The highest BCUT2D eigenvalue weighted by molar-refractivity contribution is 6.31. The number of amides is 2. The molecule has 1 aromatic heterocycles. The molecule has 1 N–H and O–H groups in total. The van der Waals surface area contributed by atoms with Gasteiger partial charge in [0.05, 0.1) is 29.7 Å². The van der Waals surface area contributed by atoms with E-state index < -0.39 is 0 Å². The number of rotatable bonds is 6. The Morgan fingerprint density at radius 2 is 2.18 bits per heavy atom. The molecule has 1 unspecified atom stereocenters. The molecule has 3 rings (SSSR count). The Bertz CT molecular complexity index is 829. The third kappa shape index (κ3) is 5.30. The molecule has 0 spiro atoms. The molecule has 6 nitrogen and oxygen atoms in total. The lowest BCUT2D eigenvalue weighted by Gasteiger charge is -2.33. The second-order valence-corrected chi connectivity index (χ2v) is 7.18. The third-order valence-corrected chi connectivity index (χ3v) is 4.90. The van der Waals surface area contributed by atoms with Crippen molar-refractivity contribution in [3.63, 3.8) is 0 Å². The summed E-state index contributed by atoms with van der Waals surface area (Å²) in [7, 11) is 0. The molecular weight excluding hydrogens is 378 g/mol. The zero-order valence-corrected chi connectivity index (χ0v) is 16.6. The van der Waals surface area contributed by atoms with Crippen LogP contribution in [0.3, 0.4) is 0 Å². The van der Waals surface area contributed by atoms with E-state index in [1.807, 2.05) is 18.2 Å². The molecule has 1 aliphatic rings. The van der Waals surface area contributed by atoms with Crippen LogP contribution in [0.15, 0.2) is 42.6 Å². The van der Waals surface area contributed by atoms with Gasteiger partial charge in [0.15, 0.2) is 0 Å². The number of piperidine rings is 1. The minimum atomic E-state index is -0.161. The minimum Gasteiger partial charge on any atom is -0.370 e. The van der Waals surface area contributed by atoms with E-state index in [4.69, 9.17) is 16.3 Å². The van der Waals surface area contributed by atoms with Crippen LogP contribution in [-0.2, 0) is 16.1 Å². The van der Waals surface area contributed by atoms with Crippen LogP contribution in [-0.4, -0.2) is 40.9 Å². The van der Waals surface area contributed by atoms with E-state index in [1.54, 1.807) is 36.2 Å². The summed E-state index contributed by atoms with van der Waals surface area (Å²) >= 11 is 6.05. The first-order valence-electron chi connectivity index (χ1n) is 9.47. The number of anilines is 1. The van der Waals surface area contributed by atoms with Crippen molar-refractivity contribution >= 4 is 29.1 Å². The number of ether oxygens (including phenoxy) is 1. The van der Waals surface area contributed by atoms with E-state index in [0.717, 1.165) is 18.5 Å². The number of benzene rings is 1. The molecule has 1 saturated heterocycles. The summed E-state index contributed by atoms with van der Waals surface area (Å²) in [5, 5.41) is 3.24. The molecule has 0 bridgehead atoms. The van der Waals surface area contributed by atoms with Crippen LogP contribution in [0.5, 0.6) is 0 Å². The lowest BCUT2D eigenvalue weighted by molar-refractivity contribution is -0.115. The fourth-order valence-electron chi connectivity index (χ4n) is 3.16. The van der Waals surface area contributed by atoms with Crippen molar-refractivity contribution < 1.29 is 14.3 Å². The van der Waals surface area contributed by atoms with E-state index in [9.17, 15) is 9.59 Å². The Kier molecular flexibility index (Phi) is 7.01. The van der Waals surface area contributed by atoms with Crippen LogP contribution >= 0.6 is 11.6 Å². The van der Waals surface area contributed by atoms with Gasteiger partial charge in [-0.25, -0.2) is 0 Å². The van der Waals surface area contributed by atoms with Crippen molar-refractivity contribution in [2.45, 2.75) is 38.9 Å². The maximum atomic E-state index is 13.1. The SMILES string of the molecule is CCC(=O)Nc1cc(Cl)ccc1C(=O)N1CCCC(OCc2ccccn2)C1. The maximum Gasteiger partial charge on any atom is 0.256 e. The molecular formula is C21H24ClN3O3. The van der Waals surface area contributed by atoms with Crippen molar-refractivity contribution in [1.82, 2.24) is 9.88 Å². The van der Waals surface area contributed by atoms with Gasteiger partial charge in [0.1, 0.15) is 0 Å². The summed E-state index contributed by atoms with van der Waals surface area (Å²) in [6.45, 7) is 3.35. The van der Waals surface area contributed by atoms with E-state index in [2.05, 4.69) is 10.3 Å². The number of nitrogens with zero attached hydrogens (tertiary/aromatic N) is 2. The first-order chi connectivity index (χ1) is 13.6. The van der Waals surface area contributed by atoms with E-state index in [0.29, 0.717) is 42.4 Å².